The van der Waals surface area contributed by atoms with Gasteiger partial charge in [-0.25, -0.2) is 4.99 Å². The van der Waals surface area contributed by atoms with E-state index in [1.807, 2.05) is 34.6 Å². The van der Waals surface area contributed by atoms with Gasteiger partial charge in [0, 0.05) is 60.5 Å². The van der Waals surface area contributed by atoms with Crippen LogP contribution in [-0.4, -0.2) is 65.7 Å². The summed E-state index contributed by atoms with van der Waals surface area (Å²) >= 11 is 1.29. The largest absolute Gasteiger partial charge is 0.481 e. The Kier molecular flexibility index (Phi) is 8.72. The van der Waals surface area contributed by atoms with Crippen molar-refractivity contribution in [2.45, 2.75) is 109 Å². The van der Waals surface area contributed by atoms with Crippen LogP contribution in [-0.2, 0) is 63.0 Å². The van der Waals surface area contributed by atoms with E-state index in [0.717, 1.165) is 61.9 Å². The lowest BCUT2D eigenvalue weighted by Crippen LogP contribution is -2.38. The van der Waals surface area contributed by atoms with E-state index < -0.39 is 11.9 Å². The standard InChI is InChI=1S/C33H42N4O6S/c1-7-20-15(2)24(36-32(20)43)12-23-16(3)21(8-10-29(38)39)26(34-23)13-27-22(9-11-30(40)41)17(4)25(35-27)14-28-33(19(6)44-33)18(5)31(42)37-28/h18-19,28,34-35H,7-14H2,1-6H3,(H,37,42)(H,38,39)(H,40,41)/p+1/t18-,19+,28?,33-/m0/s1. The number of nitrogens with one attached hydrogen (secondary N) is 3. The number of aromatic nitrogens is 2. The van der Waals surface area contributed by atoms with Gasteiger partial charge in [0.25, 0.3) is 5.91 Å². The fraction of sp³-hybridized carbons (Fsp3) is 0.545. The molecule has 5 heterocycles. The van der Waals surface area contributed by atoms with Crippen molar-refractivity contribution < 1.29 is 29.4 Å². The highest BCUT2D eigenvalue weighted by atomic mass is 32.2. The second-order valence-electron chi connectivity index (χ2n) is 12.5. The first-order valence-corrected chi connectivity index (χ1v) is 16.4. The molecule has 0 saturated carbocycles. The molecule has 5 N–H and O–H groups in total. The number of hydrogen-bond acceptors (Lipinski definition) is 4. The summed E-state index contributed by atoms with van der Waals surface area (Å²) in [5.41, 5.74) is 9.85. The quantitative estimate of drug-likeness (QED) is 0.130. The number of carbonyl (C=O) groups excluding carboxylic acids is 2. The zero-order chi connectivity index (χ0) is 32.1. The van der Waals surface area contributed by atoms with Gasteiger partial charge in [-0.1, -0.05) is 6.92 Å². The van der Waals surface area contributed by atoms with Crippen LogP contribution in [0.15, 0.2) is 16.1 Å². The number of carbonyl (C=O) groups is 4. The van der Waals surface area contributed by atoms with Crippen LogP contribution in [0.3, 0.4) is 0 Å². The van der Waals surface area contributed by atoms with Crippen molar-refractivity contribution in [1.82, 2.24) is 15.3 Å². The summed E-state index contributed by atoms with van der Waals surface area (Å²) in [5, 5.41) is 22.7. The maximum absolute atomic E-state index is 12.7. The van der Waals surface area contributed by atoms with E-state index in [9.17, 15) is 29.4 Å². The van der Waals surface area contributed by atoms with Gasteiger partial charge in [0.1, 0.15) is 0 Å². The molecule has 0 aromatic carbocycles. The highest BCUT2D eigenvalue weighted by Crippen LogP contribution is 2.51. The Bertz CT molecular complexity index is 1610. The zero-order valence-corrected chi connectivity index (χ0v) is 27.2. The molecule has 2 aromatic heterocycles. The number of rotatable bonds is 13. The third-order valence-electron chi connectivity index (χ3n) is 10.1. The topological polar surface area (TPSA) is 165 Å². The number of carboxylic acid groups (broad SMARTS) is 2. The van der Waals surface area contributed by atoms with Crippen molar-refractivity contribution in [3.8, 4) is 0 Å². The minimum absolute atomic E-state index is 0.00357. The molecule has 2 aromatic rings. The van der Waals surface area contributed by atoms with E-state index in [-0.39, 0.29) is 41.4 Å². The molecule has 2 saturated heterocycles. The first kappa shape index (κ1) is 31.8. The Morgan fingerprint density at radius 3 is 1.93 bits per heavy atom. The fourth-order valence-corrected chi connectivity index (χ4v) is 9.06. The molecule has 5 rings (SSSR count). The van der Waals surface area contributed by atoms with Gasteiger partial charge in [0.05, 0.1) is 17.7 Å². The van der Waals surface area contributed by atoms with E-state index in [1.165, 1.54) is 11.8 Å². The SMILES string of the molecule is CCC1=C(C)C(Cc2[nH]c(Cc3[nH]c(CC4NC(=O)[C@H](C)[C@@]45[SH+][C@@H]5C)c(C)c3CCC(=O)O)c(CCC(=O)O)c2C)=NC1=O. The van der Waals surface area contributed by atoms with Crippen molar-refractivity contribution in [3.05, 3.63) is 56.2 Å². The van der Waals surface area contributed by atoms with E-state index in [2.05, 4.69) is 27.2 Å². The molecule has 1 spiro atoms. The molecule has 11 heteroatoms. The van der Waals surface area contributed by atoms with Gasteiger partial charge in [-0.05, 0) is 93.5 Å². The Morgan fingerprint density at radius 2 is 1.43 bits per heavy atom. The van der Waals surface area contributed by atoms with E-state index in [0.29, 0.717) is 43.8 Å². The molecular weight excluding hydrogens is 580 g/mol. The number of H-pyrrole nitrogens is 2. The first-order chi connectivity index (χ1) is 20.8. The lowest BCUT2D eigenvalue weighted by molar-refractivity contribution is -0.138. The van der Waals surface area contributed by atoms with Crippen LogP contribution in [0.5, 0.6) is 0 Å². The van der Waals surface area contributed by atoms with Gasteiger partial charge in [-0.15, -0.1) is 0 Å². The van der Waals surface area contributed by atoms with Crippen LogP contribution < -0.4 is 5.32 Å². The third-order valence-corrected chi connectivity index (χ3v) is 12.2. The Balaban J connectivity index is 1.49. The normalized spacial score (nSPS) is 24.4. The third kappa shape index (κ3) is 5.66. The minimum Gasteiger partial charge on any atom is -0.481 e. The fourth-order valence-electron chi connectivity index (χ4n) is 7.38. The number of aromatic amines is 2. The smallest absolute Gasteiger partial charge is 0.303 e. The second-order valence-corrected chi connectivity index (χ2v) is 14.3. The number of thiol groups is 1. The van der Waals surface area contributed by atoms with Crippen LogP contribution in [0.4, 0.5) is 0 Å². The maximum Gasteiger partial charge on any atom is 0.303 e. The number of amides is 2. The molecule has 3 aliphatic heterocycles. The Hall–Kier alpha value is -3.60. The molecule has 0 radical (unpaired) electrons. The Labute approximate surface area is 261 Å². The summed E-state index contributed by atoms with van der Waals surface area (Å²) < 4.78 is -0.0694. The molecule has 2 amide bonds. The van der Waals surface area contributed by atoms with Gasteiger partial charge in [0.15, 0.2) is 5.25 Å². The number of aliphatic carboxylic acids is 2. The molecule has 4 atom stereocenters. The van der Waals surface area contributed by atoms with E-state index in [4.69, 9.17) is 0 Å². The first-order valence-electron chi connectivity index (χ1n) is 15.4. The van der Waals surface area contributed by atoms with Crippen LogP contribution in [0.2, 0.25) is 0 Å². The molecule has 0 bridgehead atoms. The van der Waals surface area contributed by atoms with Gasteiger partial charge >= 0.3 is 11.9 Å². The van der Waals surface area contributed by atoms with Gasteiger partial charge in [-0.2, -0.15) is 0 Å². The number of nitrogens with zero attached hydrogens (tertiary/aromatic N) is 1. The molecule has 2 fully saturated rings. The molecule has 0 aliphatic carbocycles. The van der Waals surface area contributed by atoms with Crippen molar-refractivity contribution >= 4 is 41.2 Å². The summed E-state index contributed by atoms with van der Waals surface area (Å²) in [4.78, 5) is 59.7. The van der Waals surface area contributed by atoms with Crippen LogP contribution in [0.1, 0.15) is 92.0 Å². The van der Waals surface area contributed by atoms with Gasteiger partial charge < -0.3 is 25.5 Å². The number of allylic oxidation sites excluding steroid dienone is 1. The lowest BCUT2D eigenvalue weighted by Gasteiger charge is -2.14. The van der Waals surface area contributed by atoms with Crippen LogP contribution in [0, 0.1) is 19.8 Å². The average molecular weight is 624 g/mol. The summed E-state index contributed by atoms with van der Waals surface area (Å²) in [6.07, 6.45) is 2.81. The summed E-state index contributed by atoms with van der Waals surface area (Å²) in [7, 11) is 0. The van der Waals surface area contributed by atoms with Crippen molar-refractivity contribution in [2.24, 2.45) is 10.9 Å². The molecule has 3 aliphatic rings. The summed E-state index contributed by atoms with van der Waals surface area (Å²) in [6.45, 7) is 12.0. The number of carboxylic acids is 2. The predicted molar refractivity (Wildman–Crippen MR) is 171 cm³/mol. The Morgan fingerprint density at radius 1 is 0.886 bits per heavy atom. The highest BCUT2D eigenvalue weighted by Gasteiger charge is 2.76. The molecule has 44 heavy (non-hydrogen) atoms. The van der Waals surface area contributed by atoms with Gasteiger partial charge in [0.2, 0.25) is 10.7 Å². The van der Waals surface area contributed by atoms with Crippen LogP contribution in [0.25, 0.3) is 0 Å². The zero-order valence-electron chi connectivity index (χ0n) is 26.3. The van der Waals surface area contributed by atoms with E-state index >= 15 is 0 Å². The monoisotopic (exact) mass is 623 g/mol. The summed E-state index contributed by atoms with van der Waals surface area (Å²) in [6, 6.07) is 0.00357. The predicted octanol–water partition coefficient (Wildman–Crippen LogP) is 3.47. The second kappa shape index (κ2) is 12.1. The van der Waals surface area contributed by atoms with Crippen molar-refractivity contribution in [3.63, 3.8) is 0 Å². The highest BCUT2D eigenvalue weighted by molar-refractivity contribution is 7.89. The number of hydrogen-bond donors (Lipinski definition) is 5. The summed E-state index contributed by atoms with van der Waals surface area (Å²) in [5.74, 6) is -1.91. The lowest BCUT2D eigenvalue weighted by atomic mass is 9.86. The molecule has 236 valence electrons. The molecule has 10 nitrogen and oxygen atoms in total. The molecule has 1 unspecified atom stereocenters. The molecular formula is C33H43N4O6S+. The van der Waals surface area contributed by atoms with Crippen LogP contribution >= 0.6 is 0 Å². The van der Waals surface area contributed by atoms with Crippen molar-refractivity contribution in [2.75, 3.05) is 0 Å². The average Bonchev–Trinajstić information content (AvgIpc) is 3.13. The number of aliphatic imine (C=N–C) groups is 1. The maximum atomic E-state index is 12.7. The van der Waals surface area contributed by atoms with Crippen molar-refractivity contribution in [1.29, 1.82) is 0 Å². The van der Waals surface area contributed by atoms with E-state index in [1.54, 1.807) is 0 Å². The minimum atomic E-state index is -0.884. The van der Waals surface area contributed by atoms with Gasteiger partial charge in [-0.3, -0.25) is 19.2 Å².